The van der Waals surface area contributed by atoms with Crippen LogP contribution in [0.5, 0.6) is 17.2 Å². The van der Waals surface area contributed by atoms with Crippen LogP contribution >= 0.6 is 23.7 Å². The third-order valence-corrected chi connectivity index (χ3v) is 4.58. The molecule has 0 fully saturated rings. The van der Waals surface area contributed by atoms with E-state index in [4.69, 9.17) is 25.1 Å². The zero-order valence-electron chi connectivity index (χ0n) is 16.6. The summed E-state index contributed by atoms with van der Waals surface area (Å²) < 4.78 is 16.5. The largest absolute Gasteiger partial charge is 0.492 e. The number of primary amides is 1. The number of amides is 1. The van der Waals surface area contributed by atoms with E-state index >= 15 is 0 Å². The van der Waals surface area contributed by atoms with E-state index in [1.165, 1.54) is 0 Å². The fourth-order valence-electron chi connectivity index (χ4n) is 2.55. The molecule has 0 aliphatic heterocycles. The van der Waals surface area contributed by atoms with Gasteiger partial charge in [-0.25, -0.2) is 0 Å². The molecule has 0 saturated heterocycles. The van der Waals surface area contributed by atoms with Crippen molar-refractivity contribution in [3.05, 3.63) is 41.1 Å². The molecule has 0 aliphatic carbocycles. The highest BCUT2D eigenvalue weighted by molar-refractivity contribution is 7.08. The Labute approximate surface area is 186 Å². The highest BCUT2D eigenvalue weighted by Gasteiger charge is 2.13. The summed E-state index contributed by atoms with van der Waals surface area (Å²) in [5.41, 5.74) is 5.04. The van der Waals surface area contributed by atoms with Crippen molar-refractivity contribution in [3.63, 3.8) is 0 Å². The Kier molecular flexibility index (Phi) is 12.9. The molecule has 1 amide bonds. The van der Waals surface area contributed by atoms with E-state index in [-0.39, 0.29) is 32.2 Å². The van der Waals surface area contributed by atoms with Gasteiger partial charge in [0.1, 0.15) is 36.6 Å². The van der Waals surface area contributed by atoms with Crippen molar-refractivity contribution in [3.8, 4) is 17.2 Å². The molecular weight excluding hydrogens is 432 g/mol. The number of nitrogens with two attached hydrogens (primary N) is 1. The smallest absolute Gasteiger partial charge is 0.255 e. The molecule has 4 N–H and O–H groups in total. The lowest BCUT2D eigenvalue weighted by molar-refractivity contribution is -0.119. The number of rotatable bonds is 15. The fourth-order valence-corrected chi connectivity index (χ4v) is 3.12. The van der Waals surface area contributed by atoms with Gasteiger partial charge in [0, 0.05) is 31.6 Å². The summed E-state index contributed by atoms with van der Waals surface area (Å²) in [6.07, 6.45) is -0.0282. The summed E-state index contributed by atoms with van der Waals surface area (Å²) in [5.74, 6) is 1.42. The number of aliphatic hydroxyl groups excluding tert-OH is 2. The van der Waals surface area contributed by atoms with Gasteiger partial charge in [-0.15, -0.1) is 23.7 Å². The van der Waals surface area contributed by atoms with Gasteiger partial charge in [0.2, 0.25) is 0 Å². The van der Waals surface area contributed by atoms with Crippen LogP contribution in [0.1, 0.15) is 6.42 Å². The van der Waals surface area contributed by atoms with Gasteiger partial charge in [0.15, 0.2) is 6.61 Å². The van der Waals surface area contributed by atoms with E-state index in [2.05, 4.69) is 0 Å². The quantitative estimate of drug-likeness (QED) is 0.369. The maximum Gasteiger partial charge on any atom is 0.255 e. The first kappa shape index (κ1) is 26.0. The molecular formula is C20H29ClN2O6S. The molecule has 0 radical (unpaired) electrons. The van der Waals surface area contributed by atoms with Crippen molar-refractivity contribution in [2.75, 3.05) is 46.1 Å². The van der Waals surface area contributed by atoms with Gasteiger partial charge >= 0.3 is 0 Å². The number of ether oxygens (including phenoxy) is 3. The number of hydrogen-bond acceptors (Lipinski definition) is 8. The van der Waals surface area contributed by atoms with Crippen LogP contribution in [0.2, 0.25) is 0 Å². The highest BCUT2D eigenvalue weighted by Crippen LogP contribution is 2.18. The molecule has 1 heterocycles. The minimum Gasteiger partial charge on any atom is -0.492 e. The number of thiophene rings is 1. The molecule has 1 atom stereocenters. The second kappa shape index (κ2) is 14.9. The van der Waals surface area contributed by atoms with Crippen molar-refractivity contribution < 1.29 is 29.2 Å². The zero-order valence-corrected chi connectivity index (χ0v) is 18.3. The van der Waals surface area contributed by atoms with E-state index in [1.807, 2.05) is 21.7 Å². The van der Waals surface area contributed by atoms with E-state index in [9.17, 15) is 9.90 Å². The minimum atomic E-state index is -0.643. The summed E-state index contributed by atoms with van der Waals surface area (Å²) >= 11 is 1.54. The lowest BCUT2D eigenvalue weighted by Gasteiger charge is -2.24. The average Bonchev–Trinajstić information content (AvgIpc) is 3.23. The summed E-state index contributed by atoms with van der Waals surface area (Å²) in [7, 11) is 0. The number of nitrogens with zero attached hydrogens (tertiary/aromatic N) is 1. The molecule has 1 unspecified atom stereocenters. The van der Waals surface area contributed by atoms with Crippen LogP contribution in [-0.2, 0) is 4.79 Å². The Morgan fingerprint density at radius 2 is 1.77 bits per heavy atom. The number of aliphatic hydroxyl groups is 2. The maximum atomic E-state index is 10.7. The van der Waals surface area contributed by atoms with E-state index in [0.717, 1.165) is 5.75 Å². The van der Waals surface area contributed by atoms with Crippen molar-refractivity contribution >= 4 is 29.7 Å². The lowest BCUT2D eigenvalue weighted by atomic mass is 10.3. The number of carbonyl (C=O) groups is 1. The molecule has 10 heteroatoms. The number of carbonyl (C=O) groups excluding carboxylic acids is 1. The second-order valence-corrected chi connectivity index (χ2v) is 7.16. The number of hydrogen-bond donors (Lipinski definition) is 3. The van der Waals surface area contributed by atoms with Crippen LogP contribution in [0, 0.1) is 0 Å². The van der Waals surface area contributed by atoms with Crippen LogP contribution in [0.15, 0.2) is 41.1 Å². The topological polar surface area (TPSA) is 114 Å². The molecule has 2 aromatic rings. The second-order valence-electron chi connectivity index (χ2n) is 6.38. The first-order valence-electron chi connectivity index (χ1n) is 9.37. The third kappa shape index (κ3) is 10.7. The summed E-state index contributed by atoms with van der Waals surface area (Å²) in [6, 6.07) is 8.76. The predicted octanol–water partition coefficient (Wildman–Crippen LogP) is 1.54. The highest BCUT2D eigenvalue weighted by atomic mass is 35.5. The van der Waals surface area contributed by atoms with Gasteiger partial charge in [-0.3, -0.25) is 9.69 Å². The van der Waals surface area contributed by atoms with Gasteiger partial charge in [0.05, 0.1) is 0 Å². The van der Waals surface area contributed by atoms with Gasteiger partial charge in [0.25, 0.3) is 5.91 Å². The van der Waals surface area contributed by atoms with Gasteiger partial charge in [-0.05, 0) is 42.1 Å². The fraction of sp³-hybridized carbons (Fsp3) is 0.450. The molecule has 1 aromatic carbocycles. The Hall–Kier alpha value is -2.04. The van der Waals surface area contributed by atoms with E-state index < -0.39 is 12.0 Å². The zero-order chi connectivity index (χ0) is 20.9. The van der Waals surface area contributed by atoms with Crippen LogP contribution in [-0.4, -0.2) is 73.2 Å². The first-order chi connectivity index (χ1) is 14.1. The van der Waals surface area contributed by atoms with Crippen molar-refractivity contribution in [1.82, 2.24) is 4.90 Å². The molecule has 0 spiro atoms. The van der Waals surface area contributed by atoms with Gasteiger partial charge in [-0.1, -0.05) is 0 Å². The summed E-state index contributed by atoms with van der Waals surface area (Å²) in [4.78, 5) is 12.8. The Balaban J connectivity index is 0.00000450. The molecule has 0 aliphatic rings. The number of benzene rings is 1. The molecule has 30 heavy (non-hydrogen) atoms. The molecule has 0 bridgehead atoms. The molecule has 1 aromatic heterocycles. The lowest BCUT2D eigenvalue weighted by Crippen LogP contribution is -2.38. The van der Waals surface area contributed by atoms with Crippen molar-refractivity contribution in [1.29, 1.82) is 0 Å². The molecule has 0 saturated carbocycles. The van der Waals surface area contributed by atoms with E-state index in [1.54, 1.807) is 35.6 Å². The Bertz CT molecular complexity index is 702. The first-order valence-corrected chi connectivity index (χ1v) is 10.3. The van der Waals surface area contributed by atoms with Crippen LogP contribution in [0.4, 0.5) is 0 Å². The predicted molar refractivity (Wildman–Crippen MR) is 118 cm³/mol. The van der Waals surface area contributed by atoms with E-state index in [0.29, 0.717) is 44.2 Å². The Morgan fingerprint density at radius 1 is 1.07 bits per heavy atom. The molecule has 8 nitrogen and oxygen atoms in total. The third-order valence-electron chi connectivity index (χ3n) is 3.92. The molecule has 168 valence electrons. The van der Waals surface area contributed by atoms with Crippen molar-refractivity contribution in [2.24, 2.45) is 5.73 Å². The van der Waals surface area contributed by atoms with Crippen molar-refractivity contribution in [2.45, 2.75) is 12.5 Å². The van der Waals surface area contributed by atoms with Crippen LogP contribution in [0.25, 0.3) is 0 Å². The van der Waals surface area contributed by atoms with Crippen LogP contribution < -0.4 is 19.9 Å². The normalized spacial score (nSPS) is 11.6. The monoisotopic (exact) mass is 460 g/mol. The van der Waals surface area contributed by atoms with Gasteiger partial charge < -0.3 is 30.2 Å². The standard InChI is InChI=1S/C20H28N2O6S.ClH/c21-20(25)14-28-18-4-2-17(3-5-18)26-10-8-22(7-1-9-23)12-16(24)13-27-19-6-11-29-15-19;/h2-6,11,15-16,23-24H,1,7-10,12-14H2,(H2,21,25);1H. The average molecular weight is 461 g/mol. The maximum absolute atomic E-state index is 10.7. The Morgan fingerprint density at radius 3 is 2.37 bits per heavy atom. The summed E-state index contributed by atoms with van der Waals surface area (Å²) in [5, 5.41) is 23.1. The summed E-state index contributed by atoms with van der Waals surface area (Å²) in [6.45, 7) is 2.22. The minimum absolute atomic E-state index is 0. The molecule has 2 rings (SSSR count). The number of halogens is 1. The van der Waals surface area contributed by atoms with Crippen LogP contribution in [0.3, 0.4) is 0 Å². The van der Waals surface area contributed by atoms with Gasteiger partial charge in [-0.2, -0.15) is 0 Å². The SMILES string of the molecule is Cl.NC(=O)COc1ccc(OCCN(CCCO)CC(O)COc2ccsc2)cc1.